The number of carbonyl (C=O) groups is 2. The van der Waals surface area contributed by atoms with E-state index in [0.29, 0.717) is 0 Å². The molecular formula is C15H19NO3. The topological polar surface area (TPSA) is 55.4 Å². The van der Waals surface area contributed by atoms with Crippen LogP contribution in [0, 0.1) is 0 Å². The van der Waals surface area contributed by atoms with Crippen molar-refractivity contribution in [2.75, 3.05) is 13.7 Å². The van der Waals surface area contributed by atoms with E-state index in [1.807, 2.05) is 6.07 Å². The summed E-state index contributed by atoms with van der Waals surface area (Å²) in [6, 6.07) is 6.18. The molecule has 0 radical (unpaired) electrons. The first-order valence-electron chi connectivity index (χ1n) is 6.66. The molecule has 1 aromatic carbocycles. The van der Waals surface area contributed by atoms with E-state index in [2.05, 4.69) is 17.4 Å². The number of amides is 1. The zero-order valence-corrected chi connectivity index (χ0v) is 11.2. The number of nitrogens with one attached hydrogen (secondary N) is 1. The molecule has 102 valence electrons. The minimum atomic E-state index is -0.362. The van der Waals surface area contributed by atoms with Crippen LogP contribution in [0.15, 0.2) is 18.2 Å². The molecule has 0 saturated heterocycles. The number of ether oxygens (including phenoxy) is 1. The van der Waals surface area contributed by atoms with Crippen LogP contribution < -0.4 is 5.32 Å². The molecule has 1 aliphatic rings. The fourth-order valence-corrected chi connectivity index (χ4v) is 2.33. The van der Waals surface area contributed by atoms with Gasteiger partial charge in [-0.2, -0.15) is 0 Å². The number of esters is 1. The fourth-order valence-electron chi connectivity index (χ4n) is 2.33. The molecule has 1 amide bonds. The molecule has 0 fully saturated rings. The Hall–Kier alpha value is -1.84. The van der Waals surface area contributed by atoms with Gasteiger partial charge in [0.25, 0.3) is 5.91 Å². The Morgan fingerprint density at radius 2 is 1.95 bits per heavy atom. The number of hydrogen-bond donors (Lipinski definition) is 1. The number of rotatable bonds is 4. The van der Waals surface area contributed by atoms with Crippen molar-refractivity contribution in [2.45, 2.75) is 32.1 Å². The number of fused-ring (bicyclic) bond motifs is 1. The van der Waals surface area contributed by atoms with Gasteiger partial charge in [0.1, 0.15) is 0 Å². The normalized spacial score (nSPS) is 13.5. The van der Waals surface area contributed by atoms with Gasteiger partial charge in [-0.15, -0.1) is 0 Å². The second-order valence-electron chi connectivity index (χ2n) is 4.82. The molecular weight excluding hydrogens is 242 g/mol. The van der Waals surface area contributed by atoms with Crippen LogP contribution in [0.2, 0.25) is 0 Å². The number of benzene rings is 1. The van der Waals surface area contributed by atoms with E-state index in [0.717, 1.165) is 18.4 Å². The predicted octanol–water partition coefficient (Wildman–Crippen LogP) is 1.40. The second-order valence-corrected chi connectivity index (χ2v) is 4.82. The molecule has 2 rings (SSSR count). The van der Waals surface area contributed by atoms with Crippen molar-refractivity contribution in [3.8, 4) is 0 Å². The Balaban J connectivity index is 1.92. The molecule has 0 aliphatic heterocycles. The molecule has 0 aromatic heterocycles. The maximum atomic E-state index is 11.6. The Morgan fingerprint density at radius 3 is 2.68 bits per heavy atom. The third kappa shape index (κ3) is 3.81. The largest absolute Gasteiger partial charge is 0.455 e. The summed E-state index contributed by atoms with van der Waals surface area (Å²) in [5.41, 5.74) is 3.71. The Bertz CT molecular complexity index is 482. The highest BCUT2D eigenvalue weighted by Crippen LogP contribution is 2.22. The molecule has 4 nitrogen and oxygen atoms in total. The monoisotopic (exact) mass is 261 g/mol. The van der Waals surface area contributed by atoms with Gasteiger partial charge in [-0.05, 0) is 42.4 Å². The summed E-state index contributed by atoms with van der Waals surface area (Å²) < 4.78 is 4.89. The van der Waals surface area contributed by atoms with Crippen molar-refractivity contribution in [2.24, 2.45) is 0 Å². The van der Waals surface area contributed by atoms with Crippen molar-refractivity contribution in [3.05, 3.63) is 34.9 Å². The maximum absolute atomic E-state index is 11.6. The van der Waals surface area contributed by atoms with Gasteiger partial charge in [-0.25, -0.2) is 0 Å². The molecule has 0 bridgehead atoms. The van der Waals surface area contributed by atoms with Crippen molar-refractivity contribution in [3.63, 3.8) is 0 Å². The third-order valence-corrected chi connectivity index (χ3v) is 3.40. The average Bonchev–Trinajstić information content (AvgIpc) is 2.44. The van der Waals surface area contributed by atoms with Gasteiger partial charge < -0.3 is 10.1 Å². The molecule has 0 saturated carbocycles. The summed E-state index contributed by atoms with van der Waals surface area (Å²) in [6.45, 7) is -0.208. The summed E-state index contributed by atoms with van der Waals surface area (Å²) in [5.74, 6) is -0.654. The molecule has 1 N–H and O–H groups in total. The summed E-state index contributed by atoms with van der Waals surface area (Å²) in [5, 5.41) is 2.41. The Labute approximate surface area is 113 Å². The van der Waals surface area contributed by atoms with Crippen molar-refractivity contribution in [1.29, 1.82) is 0 Å². The van der Waals surface area contributed by atoms with Crippen molar-refractivity contribution < 1.29 is 14.3 Å². The van der Waals surface area contributed by atoms with Crippen LogP contribution in [0.5, 0.6) is 0 Å². The summed E-state index contributed by atoms with van der Waals surface area (Å²) in [7, 11) is 1.51. The summed E-state index contributed by atoms with van der Waals surface area (Å²) in [6.07, 6.45) is 4.93. The van der Waals surface area contributed by atoms with Crippen molar-refractivity contribution >= 4 is 11.9 Å². The summed E-state index contributed by atoms with van der Waals surface area (Å²) in [4.78, 5) is 22.6. The molecule has 4 heteroatoms. The summed E-state index contributed by atoms with van der Waals surface area (Å²) >= 11 is 0. The van der Waals surface area contributed by atoms with Gasteiger partial charge >= 0.3 is 5.97 Å². The van der Waals surface area contributed by atoms with Gasteiger partial charge in [0.05, 0.1) is 6.42 Å². The highest BCUT2D eigenvalue weighted by atomic mass is 16.5. The van der Waals surface area contributed by atoms with Crippen LogP contribution in [0.1, 0.15) is 29.5 Å². The quantitative estimate of drug-likeness (QED) is 0.833. The number of hydrogen-bond acceptors (Lipinski definition) is 3. The van der Waals surface area contributed by atoms with Gasteiger partial charge in [-0.3, -0.25) is 9.59 Å². The second kappa shape index (κ2) is 6.36. The van der Waals surface area contributed by atoms with Gasteiger partial charge in [-0.1, -0.05) is 18.2 Å². The molecule has 1 aliphatic carbocycles. The van der Waals surface area contributed by atoms with E-state index >= 15 is 0 Å². The van der Waals surface area contributed by atoms with E-state index in [1.54, 1.807) is 0 Å². The van der Waals surface area contributed by atoms with E-state index in [9.17, 15) is 9.59 Å². The maximum Gasteiger partial charge on any atom is 0.310 e. The molecule has 19 heavy (non-hydrogen) atoms. The minimum absolute atomic E-state index is 0.208. The average molecular weight is 261 g/mol. The highest BCUT2D eigenvalue weighted by molar-refractivity contribution is 5.80. The molecule has 0 heterocycles. The first kappa shape index (κ1) is 13.6. The van der Waals surface area contributed by atoms with Crippen molar-refractivity contribution in [1.82, 2.24) is 5.32 Å². The minimum Gasteiger partial charge on any atom is -0.455 e. The first-order chi connectivity index (χ1) is 9.19. The zero-order chi connectivity index (χ0) is 13.7. The lowest BCUT2D eigenvalue weighted by atomic mass is 9.90. The van der Waals surface area contributed by atoms with Crippen LogP contribution in [-0.2, 0) is 33.6 Å². The molecule has 0 unspecified atom stereocenters. The van der Waals surface area contributed by atoms with Crippen LogP contribution in [0.25, 0.3) is 0 Å². The van der Waals surface area contributed by atoms with E-state index < -0.39 is 0 Å². The van der Waals surface area contributed by atoms with Gasteiger partial charge in [0, 0.05) is 7.05 Å². The van der Waals surface area contributed by atoms with E-state index in [1.165, 1.54) is 31.0 Å². The SMILES string of the molecule is CNC(=O)COC(=O)Cc1ccc2c(c1)CCCC2. The first-order valence-corrected chi connectivity index (χ1v) is 6.66. The van der Waals surface area contributed by atoms with Crippen LogP contribution >= 0.6 is 0 Å². The lowest BCUT2D eigenvalue weighted by Gasteiger charge is -2.16. The van der Waals surface area contributed by atoms with Crippen LogP contribution in [0.3, 0.4) is 0 Å². The Kier molecular flexibility index (Phi) is 4.55. The highest BCUT2D eigenvalue weighted by Gasteiger charge is 2.12. The standard InChI is InChI=1S/C15H19NO3/c1-16-14(17)10-19-15(18)9-11-6-7-12-4-2-3-5-13(12)8-11/h6-8H,2-5,9-10H2,1H3,(H,16,17). The molecule has 0 atom stereocenters. The predicted molar refractivity (Wildman–Crippen MR) is 71.8 cm³/mol. The van der Waals surface area contributed by atoms with Gasteiger partial charge in [0.15, 0.2) is 6.61 Å². The number of aryl methyl sites for hydroxylation is 2. The third-order valence-electron chi connectivity index (χ3n) is 3.40. The lowest BCUT2D eigenvalue weighted by Crippen LogP contribution is -2.25. The molecule has 1 aromatic rings. The van der Waals surface area contributed by atoms with Gasteiger partial charge in [0.2, 0.25) is 0 Å². The number of carbonyl (C=O) groups excluding carboxylic acids is 2. The molecule has 0 spiro atoms. The fraction of sp³-hybridized carbons (Fsp3) is 0.467. The van der Waals surface area contributed by atoms with Crippen LogP contribution in [0.4, 0.5) is 0 Å². The van der Waals surface area contributed by atoms with E-state index in [4.69, 9.17) is 4.74 Å². The number of likely N-dealkylation sites (N-methyl/N-ethyl adjacent to an activating group) is 1. The van der Waals surface area contributed by atoms with E-state index in [-0.39, 0.29) is 24.9 Å². The Morgan fingerprint density at radius 1 is 1.21 bits per heavy atom. The smallest absolute Gasteiger partial charge is 0.310 e. The zero-order valence-electron chi connectivity index (χ0n) is 11.2. The lowest BCUT2D eigenvalue weighted by molar-refractivity contribution is -0.147. The van der Waals surface area contributed by atoms with Crippen LogP contribution in [-0.4, -0.2) is 25.5 Å².